The molecule has 1 aromatic carbocycles. The molecule has 0 aliphatic heterocycles. The molecule has 1 aliphatic carbocycles. The second kappa shape index (κ2) is 9.33. The van der Waals surface area contributed by atoms with Gasteiger partial charge in [-0.05, 0) is 73.3 Å². The molecule has 174 valence electrons. The lowest BCUT2D eigenvalue weighted by Gasteiger charge is -2.16. The van der Waals surface area contributed by atoms with Crippen LogP contribution in [0.25, 0.3) is 9.40 Å². The minimum Gasteiger partial charge on any atom is -0.481 e. The number of fused-ring (bicyclic) bond motifs is 1. The number of hydrogen-bond acceptors (Lipinski definition) is 7. The number of carboxylic acids is 1. The Kier molecular flexibility index (Phi) is 6.40. The van der Waals surface area contributed by atoms with Crippen molar-refractivity contribution in [2.45, 2.75) is 38.2 Å². The van der Waals surface area contributed by atoms with Crippen LogP contribution in [0.15, 0.2) is 36.4 Å². The molecule has 2 N–H and O–H groups in total. The van der Waals surface area contributed by atoms with E-state index in [-0.39, 0.29) is 12.8 Å². The number of aromatic nitrogens is 1. The molecule has 5 rings (SSSR count). The quantitative estimate of drug-likeness (QED) is 0.199. The van der Waals surface area contributed by atoms with Gasteiger partial charge >= 0.3 is 5.97 Å². The maximum absolute atomic E-state index is 11.6. The van der Waals surface area contributed by atoms with Gasteiger partial charge < -0.3 is 15.2 Å². The van der Waals surface area contributed by atoms with Crippen molar-refractivity contribution in [3.8, 4) is 11.8 Å². The Balaban J connectivity index is 1.27. The van der Waals surface area contributed by atoms with Gasteiger partial charge in [0.15, 0.2) is 5.69 Å². The van der Waals surface area contributed by atoms with Crippen molar-refractivity contribution in [1.29, 1.82) is 0 Å². The van der Waals surface area contributed by atoms with E-state index in [2.05, 4.69) is 40.6 Å². The summed E-state index contributed by atoms with van der Waals surface area (Å²) in [5.41, 5.74) is 2.94. The standard InChI is InChI=1S/C25H21ClN2O3S3/c1-14-5-3-4-6-18(14)15(2)31-13-27-21-19(28-34-22(21)26)8-7-17-11-16-12-20(33-23(16)32-17)25(9-10-25)24(29)30/h3-6,11-12,15,27H,9-10,13H2,1-2H3,(H,29,30). The number of anilines is 1. The van der Waals surface area contributed by atoms with Crippen molar-refractivity contribution in [2.75, 3.05) is 12.0 Å². The van der Waals surface area contributed by atoms with E-state index in [4.69, 9.17) is 16.3 Å². The zero-order valence-electron chi connectivity index (χ0n) is 18.5. The summed E-state index contributed by atoms with van der Waals surface area (Å²) in [4.78, 5) is 13.5. The molecule has 1 unspecified atom stereocenters. The van der Waals surface area contributed by atoms with Crippen LogP contribution in [0.1, 0.15) is 52.4 Å². The highest BCUT2D eigenvalue weighted by molar-refractivity contribution is 7.38. The third-order valence-electron chi connectivity index (χ3n) is 6.01. The van der Waals surface area contributed by atoms with Crippen molar-refractivity contribution < 1.29 is 14.6 Å². The minimum atomic E-state index is -0.723. The molecule has 1 atom stereocenters. The number of halogens is 1. The Bertz CT molecular complexity index is 1410. The van der Waals surface area contributed by atoms with E-state index in [0.717, 1.165) is 37.6 Å². The third kappa shape index (κ3) is 4.47. The Morgan fingerprint density at radius 3 is 2.79 bits per heavy atom. The lowest BCUT2D eigenvalue weighted by molar-refractivity contribution is -0.139. The summed E-state index contributed by atoms with van der Waals surface area (Å²) in [6.45, 7) is 4.38. The molecule has 34 heavy (non-hydrogen) atoms. The molecule has 1 fully saturated rings. The number of ether oxygens (including phenoxy) is 1. The zero-order valence-corrected chi connectivity index (χ0v) is 21.7. The number of aryl methyl sites for hydroxylation is 1. The minimum absolute atomic E-state index is 0.0616. The van der Waals surface area contributed by atoms with Crippen LogP contribution in [0.4, 0.5) is 5.69 Å². The van der Waals surface area contributed by atoms with Crippen LogP contribution in [0.5, 0.6) is 0 Å². The van der Waals surface area contributed by atoms with Crippen LogP contribution in [0.3, 0.4) is 0 Å². The number of carboxylic acid groups (broad SMARTS) is 1. The molecule has 0 spiro atoms. The fourth-order valence-electron chi connectivity index (χ4n) is 3.83. The largest absolute Gasteiger partial charge is 0.481 e. The van der Waals surface area contributed by atoms with Gasteiger partial charge in [-0.2, -0.15) is 4.37 Å². The van der Waals surface area contributed by atoms with Crippen LogP contribution >= 0.6 is 45.8 Å². The number of thiophene rings is 2. The average Bonchev–Trinajstić information content (AvgIpc) is 3.24. The number of rotatable bonds is 7. The van der Waals surface area contributed by atoms with Crippen LogP contribution in [-0.2, 0) is 14.9 Å². The van der Waals surface area contributed by atoms with Gasteiger partial charge in [0.2, 0.25) is 0 Å². The molecule has 4 aromatic rings. The first-order valence-electron chi connectivity index (χ1n) is 10.7. The van der Waals surface area contributed by atoms with Crippen LogP contribution in [0.2, 0.25) is 4.34 Å². The summed E-state index contributed by atoms with van der Waals surface area (Å²) >= 11 is 10.7. The van der Waals surface area contributed by atoms with E-state index in [1.165, 1.54) is 17.1 Å². The lowest BCUT2D eigenvalue weighted by Crippen LogP contribution is -2.17. The monoisotopic (exact) mass is 528 g/mol. The summed E-state index contributed by atoms with van der Waals surface area (Å²) < 4.78 is 12.0. The topological polar surface area (TPSA) is 71.5 Å². The van der Waals surface area contributed by atoms with E-state index in [1.807, 2.05) is 31.2 Å². The average molecular weight is 529 g/mol. The smallest absolute Gasteiger partial charge is 0.314 e. The fourth-order valence-corrected chi connectivity index (χ4v) is 7.19. The number of carbonyl (C=O) groups is 1. The highest BCUT2D eigenvalue weighted by atomic mass is 35.5. The molecular weight excluding hydrogens is 508 g/mol. The molecule has 0 radical (unpaired) electrons. The summed E-state index contributed by atoms with van der Waals surface area (Å²) in [6.07, 6.45) is 1.38. The second-order valence-corrected chi connectivity index (χ2v) is 12.0. The van der Waals surface area contributed by atoms with E-state index in [0.29, 0.717) is 15.7 Å². The van der Waals surface area contributed by atoms with Gasteiger partial charge in [0, 0.05) is 10.3 Å². The normalized spacial score (nSPS) is 15.0. The van der Waals surface area contributed by atoms with Crippen molar-refractivity contribution in [3.63, 3.8) is 0 Å². The molecule has 3 aromatic heterocycles. The molecular formula is C25H21ClN2O3S3. The van der Waals surface area contributed by atoms with Crippen molar-refractivity contribution in [1.82, 2.24) is 4.37 Å². The molecule has 1 aliphatic rings. The number of hydrogen-bond donors (Lipinski definition) is 2. The van der Waals surface area contributed by atoms with Gasteiger partial charge in [-0.1, -0.05) is 35.9 Å². The SMILES string of the molecule is Cc1ccccc1C(C)OCNc1c(C#Cc2cc3cc(C4(C(=O)O)CC4)sc3s2)nsc1Cl. The van der Waals surface area contributed by atoms with E-state index in [1.54, 1.807) is 22.7 Å². The molecule has 3 heterocycles. The Morgan fingerprint density at radius 1 is 1.29 bits per heavy atom. The number of aliphatic carboxylic acids is 1. The van der Waals surface area contributed by atoms with Gasteiger partial charge in [0.1, 0.15) is 22.2 Å². The first-order valence-corrected chi connectivity index (χ1v) is 13.5. The summed E-state index contributed by atoms with van der Waals surface area (Å²) in [5, 5.41) is 13.8. The lowest BCUT2D eigenvalue weighted by atomic mass is 10.1. The summed E-state index contributed by atoms with van der Waals surface area (Å²) in [7, 11) is 0. The number of nitrogens with zero attached hydrogens (tertiary/aromatic N) is 1. The predicted molar refractivity (Wildman–Crippen MR) is 141 cm³/mol. The van der Waals surface area contributed by atoms with Crippen LogP contribution in [0, 0.1) is 18.8 Å². The first-order chi connectivity index (χ1) is 16.4. The molecule has 1 saturated carbocycles. The molecule has 0 bridgehead atoms. The number of benzene rings is 1. The van der Waals surface area contributed by atoms with Gasteiger partial charge in [-0.15, -0.1) is 22.7 Å². The Hall–Kier alpha value is -2.41. The summed E-state index contributed by atoms with van der Waals surface area (Å²) in [6, 6.07) is 12.2. The third-order valence-corrected chi connectivity index (χ3v) is 9.55. The molecule has 0 amide bonds. The van der Waals surface area contributed by atoms with E-state index in [9.17, 15) is 9.90 Å². The fraction of sp³-hybridized carbons (Fsp3) is 0.280. The van der Waals surface area contributed by atoms with Gasteiger partial charge in [0.05, 0.1) is 15.0 Å². The molecule has 9 heteroatoms. The highest BCUT2D eigenvalue weighted by Gasteiger charge is 2.53. The van der Waals surface area contributed by atoms with Gasteiger partial charge in [0.25, 0.3) is 0 Å². The zero-order chi connectivity index (χ0) is 23.9. The van der Waals surface area contributed by atoms with E-state index >= 15 is 0 Å². The van der Waals surface area contributed by atoms with Crippen molar-refractivity contribution >= 4 is 66.9 Å². The van der Waals surface area contributed by atoms with E-state index < -0.39 is 11.4 Å². The highest BCUT2D eigenvalue weighted by Crippen LogP contribution is 2.52. The Labute approximate surface area is 214 Å². The van der Waals surface area contributed by atoms with Crippen LogP contribution < -0.4 is 5.32 Å². The summed E-state index contributed by atoms with van der Waals surface area (Å²) in [5.74, 6) is 5.58. The van der Waals surface area contributed by atoms with Gasteiger partial charge in [-0.3, -0.25) is 4.79 Å². The van der Waals surface area contributed by atoms with Gasteiger partial charge in [-0.25, -0.2) is 0 Å². The van der Waals surface area contributed by atoms with Crippen molar-refractivity contribution in [3.05, 3.63) is 67.3 Å². The predicted octanol–water partition coefficient (Wildman–Crippen LogP) is 7.04. The maximum atomic E-state index is 11.6. The second-order valence-electron chi connectivity index (χ2n) is 8.27. The molecule has 5 nitrogen and oxygen atoms in total. The number of nitrogens with one attached hydrogen (secondary N) is 1. The van der Waals surface area contributed by atoms with Crippen molar-refractivity contribution in [2.24, 2.45) is 0 Å². The van der Waals surface area contributed by atoms with Crippen LogP contribution in [-0.4, -0.2) is 22.2 Å². The maximum Gasteiger partial charge on any atom is 0.314 e. The Morgan fingerprint density at radius 2 is 2.09 bits per heavy atom. The molecule has 0 saturated heterocycles. The first kappa shape index (κ1) is 23.3.